The molecule has 0 aliphatic heterocycles. The Morgan fingerprint density at radius 2 is 2.03 bits per heavy atom. The fourth-order valence-corrected chi connectivity index (χ4v) is 6.36. The van der Waals surface area contributed by atoms with E-state index in [0.717, 1.165) is 25.7 Å². The molecule has 4 aliphatic carbocycles. The molecule has 1 aromatic rings. The van der Waals surface area contributed by atoms with Crippen LogP contribution in [0.15, 0.2) is 12.3 Å². The zero-order valence-corrected chi connectivity index (χ0v) is 20.2. The van der Waals surface area contributed by atoms with Crippen molar-refractivity contribution in [1.82, 2.24) is 15.1 Å². The van der Waals surface area contributed by atoms with Gasteiger partial charge in [-0.2, -0.15) is 5.10 Å². The van der Waals surface area contributed by atoms with E-state index in [4.69, 9.17) is 9.47 Å². The first-order valence-corrected chi connectivity index (χ1v) is 12.0. The fourth-order valence-electron chi connectivity index (χ4n) is 6.36. The van der Waals surface area contributed by atoms with Crippen LogP contribution in [0.3, 0.4) is 0 Å². The molecule has 0 aromatic carbocycles. The number of ether oxygens (including phenoxy) is 2. The van der Waals surface area contributed by atoms with Gasteiger partial charge in [-0.25, -0.2) is 4.68 Å². The zero-order valence-electron chi connectivity index (χ0n) is 20.2. The van der Waals surface area contributed by atoms with Gasteiger partial charge in [-0.05, 0) is 56.3 Å². The van der Waals surface area contributed by atoms with Gasteiger partial charge in [0.05, 0.1) is 25.0 Å². The molecule has 178 valence electrons. The summed E-state index contributed by atoms with van der Waals surface area (Å²) in [6.07, 6.45) is 11.0. The van der Waals surface area contributed by atoms with Crippen molar-refractivity contribution < 1.29 is 19.4 Å². The summed E-state index contributed by atoms with van der Waals surface area (Å²) in [4.78, 5) is 13.4. The van der Waals surface area contributed by atoms with E-state index in [1.807, 2.05) is 12.3 Å². The van der Waals surface area contributed by atoms with Gasteiger partial charge in [0.2, 0.25) is 5.88 Å². The molecule has 4 aliphatic rings. The van der Waals surface area contributed by atoms with E-state index in [1.165, 1.54) is 6.42 Å². The number of methoxy groups -OCH3 is 1. The van der Waals surface area contributed by atoms with Crippen LogP contribution in [0.2, 0.25) is 0 Å². The first-order chi connectivity index (χ1) is 15.0. The molecule has 2 N–H and O–H groups in total. The predicted octanol–water partition coefficient (Wildman–Crippen LogP) is 3.87. The largest absolute Gasteiger partial charge is 0.477 e. The lowest BCUT2D eigenvalue weighted by molar-refractivity contribution is -0.139. The Hall–Kier alpha value is -1.86. The van der Waals surface area contributed by atoms with Crippen LogP contribution in [0, 0.1) is 23.2 Å². The van der Waals surface area contributed by atoms with Gasteiger partial charge >= 0.3 is 0 Å². The summed E-state index contributed by atoms with van der Waals surface area (Å²) in [7, 11) is 1.68. The third-order valence-corrected chi connectivity index (χ3v) is 7.14. The molecule has 32 heavy (non-hydrogen) atoms. The van der Waals surface area contributed by atoms with Crippen molar-refractivity contribution in [3.63, 3.8) is 0 Å². The molecule has 1 amide bonds. The van der Waals surface area contributed by atoms with Crippen molar-refractivity contribution >= 4 is 12.1 Å². The van der Waals surface area contributed by atoms with Crippen LogP contribution in [0.4, 0.5) is 0 Å². The average Bonchev–Trinajstić information content (AvgIpc) is 3.05. The zero-order chi connectivity index (χ0) is 23.1. The molecule has 7 heteroatoms. The van der Waals surface area contributed by atoms with Crippen LogP contribution >= 0.6 is 0 Å². The number of amides is 1. The molecule has 1 aromatic heterocycles. The van der Waals surface area contributed by atoms with Gasteiger partial charge in [0.1, 0.15) is 5.56 Å². The number of rotatable bonds is 9. The molecule has 1 heterocycles. The Balaban J connectivity index is 1.56. The molecule has 2 unspecified atom stereocenters. The number of hydrogen-bond donors (Lipinski definition) is 2. The summed E-state index contributed by atoms with van der Waals surface area (Å²) in [6.45, 7) is 9.39. The Kier molecular flexibility index (Phi) is 6.18. The van der Waals surface area contributed by atoms with E-state index < -0.39 is 5.60 Å². The minimum Gasteiger partial charge on any atom is -0.477 e. The van der Waals surface area contributed by atoms with Crippen LogP contribution in [-0.2, 0) is 4.74 Å². The van der Waals surface area contributed by atoms with Gasteiger partial charge in [-0.1, -0.05) is 33.8 Å². The summed E-state index contributed by atoms with van der Waals surface area (Å²) in [5, 5.41) is 18.8. The maximum atomic E-state index is 13.4. The van der Waals surface area contributed by atoms with Crippen LogP contribution < -0.4 is 10.1 Å². The number of aromatic nitrogens is 2. The van der Waals surface area contributed by atoms with Gasteiger partial charge in [0.15, 0.2) is 0 Å². The lowest BCUT2D eigenvalue weighted by atomic mass is 9.51. The third kappa shape index (κ3) is 4.88. The van der Waals surface area contributed by atoms with Crippen LogP contribution in [0.25, 0.3) is 6.20 Å². The number of aliphatic hydroxyl groups is 1. The number of nitrogens with one attached hydrogen (secondary N) is 1. The molecule has 4 bridgehead atoms. The Labute approximate surface area is 191 Å². The molecule has 7 nitrogen and oxygen atoms in total. The highest BCUT2D eigenvalue weighted by Gasteiger charge is 2.57. The standard InChI is InChI=1S/C25H39N3O4/c1-17(2)14-32-22-20(13-26-28(22)7-6-23(3,4)16-31-5)21(29)27-24-9-18-8-19(10-24)12-25(30,11-18)15-24/h6-7,13,17-19,30H,8-12,14-16H2,1-5H3,(H,27,29). The molecule has 0 spiro atoms. The molecule has 5 rings (SSSR count). The molecular weight excluding hydrogens is 406 g/mol. The Morgan fingerprint density at radius 1 is 1.34 bits per heavy atom. The number of carbonyl (C=O) groups excluding carboxylic acids is 1. The van der Waals surface area contributed by atoms with Crippen molar-refractivity contribution in [2.45, 2.75) is 77.4 Å². The van der Waals surface area contributed by atoms with Crippen molar-refractivity contribution in [3.8, 4) is 5.88 Å². The van der Waals surface area contributed by atoms with Crippen LogP contribution in [-0.4, -0.2) is 52.3 Å². The van der Waals surface area contributed by atoms with Gasteiger partial charge in [-0.3, -0.25) is 4.79 Å². The van der Waals surface area contributed by atoms with Gasteiger partial charge in [0.25, 0.3) is 5.91 Å². The van der Waals surface area contributed by atoms with Crippen LogP contribution in [0.1, 0.15) is 76.6 Å². The minimum absolute atomic E-state index is 0.162. The first kappa shape index (κ1) is 23.3. The quantitative estimate of drug-likeness (QED) is 0.603. The molecule has 0 saturated heterocycles. The molecule has 4 saturated carbocycles. The maximum absolute atomic E-state index is 13.4. The molecular formula is C25H39N3O4. The Bertz CT molecular complexity index is 859. The van der Waals surface area contributed by atoms with E-state index in [0.29, 0.717) is 48.8 Å². The first-order valence-electron chi connectivity index (χ1n) is 12.0. The monoisotopic (exact) mass is 445 g/mol. The predicted molar refractivity (Wildman–Crippen MR) is 123 cm³/mol. The summed E-state index contributed by atoms with van der Waals surface area (Å²) in [6, 6.07) is 0. The van der Waals surface area contributed by atoms with E-state index in [-0.39, 0.29) is 16.9 Å². The summed E-state index contributed by atoms with van der Waals surface area (Å²) in [5.41, 5.74) is -0.659. The number of carbonyl (C=O) groups is 1. The highest BCUT2D eigenvalue weighted by Crippen LogP contribution is 2.57. The molecule has 0 radical (unpaired) electrons. The number of hydrogen-bond acceptors (Lipinski definition) is 5. The van der Waals surface area contributed by atoms with Gasteiger partial charge < -0.3 is 19.9 Å². The van der Waals surface area contributed by atoms with Gasteiger partial charge in [-0.15, -0.1) is 0 Å². The minimum atomic E-state index is -0.617. The van der Waals surface area contributed by atoms with E-state index >= 15 is 0 Å². The summed E-state index contributed by atoms with van der Waals surface area (Å²) in [5.74, 6) is 1.63. The fraction of sp³-hybridized carbons (Fsp3) is 0.760. The van der Waals surface area contributed by atoms with E-state index in [9.17, 15) is 9.90 Å². The second-order valence-corrected chi connectivity index (χ2v) is 11.7. The van der Waals surface area contributed by atoms with Crippen LogP contribution in [0.5, 0.6) is 5.88 Å². The topological polar surface area (TPSA) is 85.6 Å². The highest BCUT2D eigenvalue weighted by molar-refractivity contribution is 5.97. The third-order valence-electron chi connectivity index (χ3n) is 7.14. The second kappa shape index (κ2) is 8.49. The second-order valence-electron chi connectivity index (χ2n) is 11.7. The van der Waals surface area contributed by atoms with Crippen molar-refractivity contribution in [3.05, 3.63) is 17.8 Å². The average molecular weight is 446 g/mol. The van der Waals surface area contributed by atoms with Gasteiger partial charge in [0, 0.05) is 24.3 Å². The van der Waals surface area contributed by atoms with E-state index in [2.05, 4.69) is 38.1 Å². The summed E-state index contributed by atoms with van der Waals surface area (Å²) < 4.78 is 13.0. The molecule has 2 atom stereocenters. The van der Waals surface area contributed by atoms with Crippen molar-refractivity contribution in [1.29, 1.82) is 0 Å². The highest BCUT2D eigenvalue weighted by atomic mass is 16.5. The summed E-state index contributed by atoms with van der Waals surface area (Å²) >= 11 is 0. The number of nitrogens with zero attached hydrogens (tertiary/aromatic N) is 2. The van der Waals surface area contributed by atoms with E-state index in [1.54, 1.807) is 18.0 Å². The smallest absolute Gasteiger partial charge is 0.258 e. The van der Waals surface area contributed by atoms with Crippen molar-refractivity contribution in [2.75, 3.05) is 20.3 Å². The normalized spacial score (nSPS) is 31.6. The molecule has 4 fully saturated rings. The lowest BCUT2D eigenvalue weighted by Gasteiger charge is -2.60. The lowest BCUT2D eigenvalue weighted by Crippen LogP contribution is -2.65. The van der Waals surface area contributed by atoms with Crippen molar-refractivity contribution in [2.24, 2.45) is 23.2 Å². The SMILES string of the molecule is COCC(C)(C)C=Cn1ncc(C(=O)NC23CC4CC(CC(O)(C4)C2)C3)c1OCC(C)C. The Morgan fingerprint density at radius 3 is 2.62 bits per heavy atom. The maximum Gasteiger partial charge on any atom is 0.258 e.